The Morgan fingerprint density at radius 3 is 2.93 bits per heavy atom. The summed E-state index contributed by atoms with van der Waals surface area (Å²) in [6.07, 6.45) is -1.39. The van der Waals surface area contributed by atoms with Crippen LogP contribution in [-0.4, -0.2) is 14.6 Å². The van der Waals surface area contributed by atoms with Gasteiger partial charge in [0.15, 0.2) is 5.65 Å². The third-order valence-electron chi connectivity index (χ3n) is 1.71. The number of rotatable bonds is 1. The Balaban J connectivity index is 2.89. The molecule has 4 nitrogen and oxygen atoms in total. The van der Waals surface area contributed by atoms with E-state index in [0.29, 0.717) is 4.47 Å². The summed E-state index contributed by atoms with van der Waals surface area (Å²) in [5.41, 5.74) is -0.767. The maximum Gasteiger partial charge on any atom is 0.280 e. The van der Waals surface area contributed by atoms with Gasteiger partial charge in [-0.15, -0.1) is 0 Å². The molecule has 0 atom stereocenters. The normalized spacial score (nSPS) is 11.4. The lowest BCUT2D eigenvalue weighted by Crippen LogP contribution is -2.12. The van der Waals surface area contributed by atoms with Crippen LogP contribution in [0.5, 0.6) is 0 Å². The molecule has 0 aliphatic rings. The van der Waals surface area contributed by atoms with Gasteiger partial charge < -0.3 is 4.98 Å². The van der Waals surface area contributed by atoms with Gasteiger partial charge in [0.25, 0.3) is 12.0 Å². The van der Waals surface area contributed by atoms with Crippen molar-refractivity contribution in [1.82, 2.24) is 14.6 Å². The molecule has 0 aromatic carbocycles. The molecule has 74 valence electrons. The van der Waals surface area contributed by atoms with Crippen molar-refractivity contribution in [2.45, 2.75) is 6.43 Å². The van der Waals surface area contributed by atoms with Crippen molar-refractivity contribution in [3.05, 3.63) is 32.8 Å². The van der Waals surface area contributed by atoms with E-state index in [-0.39, 0.29) is 5.65 Å². The number of hydrogen-bond acceptors (Lipinski definition) is 2. The molecule has 0 aliphatic carbocycles. The summed E-state index contributed by atoms with van der Waals surface area (Å²) >= 11 is 3.09. The lowest BCUT2D eigenvalue weighted by Gasteiger charge is -2.01. The second kappa shape index (κ2) is 3.16. The average Bonchev–Trinajstić information content (AvgIpc) is 2.47. The van der Waals surface area contributed by atoms with Gasteiger partial charge in [-0.25, -0.2) is 13.3 Å². The van der Waals surface area contributed by atoms with Crippen LogP contribution in [0.25, 0.3) is 5.65 Å². The third kappa shape index (κ3) is 1.33. The molecule has 1 N–H and O–H groups in total. The second-order valence-corrected chi connectivity index (χ2v) is 3.47. The minimum absolute atomic E-state index is 0.229. The predicted octanol–water partition coefficient (Wildman–Crippen LogP) is 1.72. The molecule has 0 unspecified atom stereocenters. The van der Waals surface area contributed by atoms with Gasteiger partial charge in [0.1, 0.15) is 5.69 Å². The number of nitrogens with one attached hydrogen (secondary N) is 1. The highest BCUT2D eigenvalue weighted by Gasteiger charge is 2.15. The molecule has 2 rings (SSSR count). The number of halogens is 3. The Hall–Kier alpha value is -1.24. The minimum Gasteiger partial charge on any atom is -0.306 e. The van der Waals surface area contributed by atoms with Crippen molar-refractivity contribution >= 4 is 21.6 Å². The molecule has 0 spiro atoms. The summed E-state index contributed by atoms with van der Waals surface area (Å²) in [7, 11) is 0. The van der Waals surface area contributed by atoms with Gasteiger partial charge in [-0.1, -0.05) is 0 Å². The molecule has 2 heterocycles. The molecular formula is C7H4BrF2N3O. The van der Waals surface area contributed by atoms with Crippen molar-refractivity contribution in [1.29, 1.82) is 0 Å². The van der Waals surface area contributed by atoms with Crippen LogP contribution in [0.3, 0.4) is 0 Å². The molecule has 2 aromatic rings. The number of H-pyrrole nitrogens is 1. The zero-order valence-electron chi connectivity index (χ0n) is 6.67. The van der Waals surface area contributed by atoms with E-state index in [1.165, 1.54) is 6.20 Å². The van der Waals surface area contributed by atoms with E-state index in [2.05, 4.69) is 26.0 Å². The molecule has 7 heteroatoms. The molecule has 0 bridgehead atoms. The van der Waals surface area contributed by atoms with E-state index >= 15 is 0 Å². The molecule has 0 radical (unpaired) electrons. The second-order valence-electron chi connectivity index (χ2n) is 2.61. The molecule has 0 aliphatic heterocycles. The SMILES string of the molecule is O=c1cc(C(F)F)n2ncc(Br)c2[nH]1. The maximum absolute atomic E-state index is 12.5. The van der Waals surface area contributed by atoms with E-state index in [1.54, 1.807) is 0 Å². The van der Waals surface area contributed by atoms with E-state index in [9.17, 15) is 13.6 Å². The average molecular weight is 264 g/mol. The summed E-state index contributed by atoms with van der Waals surface area (Å²) in [6, 6.07) is 0.830. The molecule has 2 aromatic heterocycles. The summed E-state index contributed by atoms with van der Waals surface area (Å²) in [4.78, 5) is 13.4. The van der Waals surface area contributed by atoms with Gasteiger partial charge in [0.05, 0.1) is 10.7 Å². The van der Waals surface area contributed by atoms with Crippen LogP contribution in [0, 0.1) is 0 Å². The van der Waals surface area contributed by atoms with Crippen molar-refractivity contribution in [2.75, 3.05) is 0 Å². The van der Waals surface area contributed by atoms with Crippen molar-refractivity contribution in [3.8, 4) is 0 Å². The third-order valence-corrected chi connectivity index (χ3v) is 2.29. The van der Waals surface area contributed by atoms with E-state index in [1.807, 2.05) is 0 Å². The van der Waals surface area contributed by atoms with Crippen LogP contribution in [0.15, 0.2) is 21.5 Å². The fourth-order valence-electron chi connectivity index (χ4n) is 1.14. The zero-order chi connectivity index (χ0) is 10.3. The van der Waals surface area contributed by atoms with Crippen LogP contribution in [0.2, 0.25) is 0 Å². The van der Waals surface area contributed by atoms with Gasteiger partial charge in [0.2, 0.25) is 0 Å². The Bertz CT molecular complexity index is 533. The van der Waals surface area contributed by atoms with Crippen LogP contribution < -0.4 is 5.56 Å². The molecule has 0 fully saturated rings. The van der Waals surface area contributed by atoms with Crippen molar-refractivity contribution in [2.24, 2.45) is 0 Å². The van der Waals surface area contributed by atoms with Gasteiger partial charge >= 0.3 is 0 Å². The number of nitrogens with zero attached hydrogens (tertiary/aromatic N) is 2. The molecular weight excluding hydrogens is 260 g/mol. The van der Waals surface area contributed by atoms with Gasteiger partial charge in [0, 0.05) is 6.07 Å². The van der Waals surface area contributed by atoms with Crippen molar-refractivity contribution in [3.63, 3.8) is 0 Å². The molecule has 14 heavy (non-hydrogen) atoms. The highest BCUT2D eigenvalue weighted by molar-refractivity contribution is 9.10. The lowest BCUT2D eigenvalue weighted by molar-refractivity contribution is 0.143. The number of aromatic nitrogens is 3. The smallest absolute Gasteiger partial charge is 0.280 e. The van der Waals surface area contributed by atoms with Crippen LogP contribution in [0.4, 0.5) is 8.78 Å². The number of alkyl halides is 2. The van der Waals surface area contributed by atoms with Crippen LogP contribution in [0.1, 0.15) is 12.1 Å². The molecule has 0 saturated carbocycles. The van der Waals surface area contributed by atoms with Gasteiger partial charge in [-0.05, 0) is 15.9 Å². The first-order valence-corrected chi connectivity index (χ1v) is 4.43. The lowest BCUT2D eigenvalue weighted by atomic mass is 10.4. The standard InChI is InChI=1S/C7H4BrF2N3O/c8-3-2-11-13-4(6(9)10)1-5(14)12-7(3)13/h1-2,6H,(H,12,14). The Morgan fingerprint density at radius 1 is 1.57 bits per heavy atom. The summed E-state index contributed by atoms with van der Waals surface area (Å²) in [5.74, 6) is 0. The van der Waals surface area contributed by atoms with Crippen LogP contribution in [-0.2, 0) is 0 Å². The Morgan fingerprint density at radius 2 is 2.29 bits per heavy atom. The van der Waals surface area contributed by atoms with Gasteiger partial charge in [-0.3, -0.25) is 4.79 Å². The zero-order valence-corrected chi connectivity index (χ0v) is 8.25. The topological polar surface area (TPSA) is 50.2 Å². The number of fused-ring (bicyclic) bond motifs is 1. The van der Waals surface area contributed by atoms with E-state index < -0.39 is 17.7 Å². The fraction of sp³-hybridized carbons (Fsp3) is 0.143. The highest BCUT2D eigenvalue weighted by Crippen LogP contribution is 2.20. The summed E-state index contributed by atoms with van der Waals surface area (Å²) < 4.78 is 26.4. The Kier molecular flexibility index (Phi) is 2.10. The first-order valence-electron chi connectivity index (χ1n) is 3.64. The van der Waals surface area contributed by atoms with E-state index in [0.717, 1.165) is 10.6 Å². The highest BCUT2D eigenvalue weighted by atomic mass is 79.9. The maximum atomic E-state index is 12.5. The first kappa shape index (κ1) is 9.32. The number of aromatic amines is 1. The minimum atomic E-state index is -2.73. The largest absolute Gasteiger partial charge is 0.306 e. The molecule has 0 amide bonds. The molecule has 0 saturated heterocycles. The quantitative estimate of drug-likeness (QED) is 0.852. The number of hydrogen-bond donors (Lipinski definition) is 1. The van der Waals surface area contributed by atoms with E-state index in [4.69, 9.17) is 0 Å². The fourth-order valence-corrected chi connectivity index (χ4v) is 1.50. The monoisotopic (exact) mass is 263 g/mol. The van der Waals surface area contributed by atoms with Crippen molar-refractivity contribution < 1.29 is 8.78 Å². The van der Waals surface area contributed by atoms with Crippen LogP contribution >= 0.6 is 15.9 Å². The predicted molar refractivity (Wildman–Crippen MR) is 48.5 cm³/mol. The summed E-state index contributed by atoms with van der Waals surface area (Å²) in [5, 5.41) is 3.70. The summed E-state index contributed by atoms with van der Waals surface area (Å²) in [6.45, 7) is 0. The Labute approximate surface area is 84.7 Å². The van der Waals surface area contributed by atoms with Gasteiger partial charge in [-0.2, -0.15) is 5.10 Å². The first-order chi connectivity index (χ1) is 6.59.